The molecular formula is C25H40N2O4S. The van der Waals surface area contributed by atoms with Crippen molar-refractivity contribution in [3.63, 3.8) is 0 Å². The Kier molecular flexibility index (Phi) is 8.49. The average molecular weight is 465 g/mol. The van der Waals surface area contributed by atoms with E-state index in [-0.39, 0.29) is 23.4 Å². The van der Waals surface area contributed by atoms with Gasteiger partial charge in [-0.05, 0) is 82.4 Å². The van der Waals surface area contributed by atoms with E-state index in [9.17, 15) is 8.42 Å². The highest BCUT2D eigenvalue weighted by Crippen LogP contribution is 2.38. The van der Waals surface area contributed by atoms with E-state index in [1.54, 1.807) is 0 Å². The SMILES string of the molecule is CCOc1ccccc1C1CCC(OC[C@@H]2NCCC[C@@H]2NS(=O)(=O)C2CCCC2)CC1. The average Bonchev–Trinajstić information content (AvgIpc) is 3.36. The summed E-state index contributed by atoms with van der Waals surface area (Å²) in [4.78, 5) is 0. The third-order valence-corrected chi connectivity index (χ3v) is 9.47. The molecule has 0 radical (unpaired) electrons. The molecule has 1 aromatic rings. The number of hydrogen-bond acceptors (Lipinski definition) is 5. The molecule has 0 aromatic heterocycles. The first-order valence-electron chi connectivity index (χ1n) is 12.6. The first kappa shape index (κ1) is 24.0. The van der Waals surface area contributed by atoms with Gasteiger partial charge in [-0.3, -0.25) is 0 Å². The van der Waals surface area contributed by atoms with Gasteiger partial charge in [0.25, 0.3) is 0 Å². The summed E-state index contributed by atoms with van der Waals surface area (Å²) in [5.41, 5.74) is 1.32. The Morgan fingerprint density at radius 2 is 1.75 bits per heavy atom. The molecule has 4 rings (SSSR count). The van der Waals surface area contributed by atoms with Crippen LogP contribution < -0.4 is 14.8 Å². The van der Waals surface area contributed by atoms with Crippen molar-refractivity contribution in [3.05, 3.63) is 29.8 Å². The van der Waals surface area contributed by atoms with Crippen LogP contribution >= 0.6 is 0 Å². The molecule has 0 unspecified atom stereocenters. The van der Waals surface area contributed by atoms with Crippen LogP contribution in [0.1, 0.15) is 82.6 Å². The van der Waals surface area contributed by atoms with Gasteiger partial charge in [0.2, 0.25) is 10.0 Å². The molecule has 3 fully saturated rings. The topological polar surface area (TPSA) is 76.7 Å². The lowest BCUT2D eigenvalue weighted by atomic mass is 9.82. The van der Waals surface area contributed by atoms with Crippen LogP contribution in [0.2, 0.25) is 0 Å². The van der Waals surface area contributed by atoms with Crippen LogP contribution in [-0.4, -0.2) is 51.6 Å². The predicted molar refractivity (Wildman–Crippen MR) is 128 cm³/mol. The molecule has 7 heteroatoms. The van der Waals surface area contributed by atoms with Gasteiger partial charge in [0.05, 0.1) is 24.6 Å². The molecule has 0 amide bonds. The highest BCUT2D eigenvalue weighted by molar-refractivity contribution is 7.90. The van der Waals surface area contributed by atoms with Crippen LogP contribution in [0.25, 0.3) is 0 Å². The van der Waals surface area contributed by atoms with Crippen molar-refractivity contribution in [2.75, 3.05) is 19.8 Å². The highest BCUT2D eigenvalue weighted by Gasteiger charge is 2.35. The predicted octanol–water partition coefficient (Wildman–Crippen LogP) is 4.11. The van der Waals surface area contributed by atoms with Gasteiger partial charge in [-0.25, -0.2) is 13.1 Å². The van der Waals surface area contributed by atoms with Crippen molar-refractivity contribution in [2.24, 2.45) is 0 Å². The summed E-state index contributed by atoms with van der Waals surface area (Å²) in [6.45, 7) is 4.22. The molecule has 2 aliphatic carbocycles. The fourth-order valence-electron chi connectivity index (χ4n) is 5.66. The van der Waals surface area contributed by atoms with Crippen LogP contribution in [0, 0.1) is 0 Å². The summed E-state index contributed by atoms with van der Waals surface area (Å²) in [6, 6.07) is 8.40. The Labute approximate surface area is 193 Å². The van der Waals surface area contributed by atoms with Crippen molar-refractivity contribution in [1.29, 1.82) is 0 Å². The molecule has 32 heavy (non-hydrogen) atoms. The second kappa shape index (κ2) is 11.3. The lowest BCUT2D eigenvalue weighted by Crippen LogP contribution is -2.56. The maximum Gasteiger partial charge on any atom is 0.214 e. The summed E-state index contributed by atoms with van der Waals surface area (Å²) in [5, 5.41) is 3.30. The molecule has 2 saturated carbocycles. The van der Waals surface area contributed by atoms with Gasteiger partial charge in [-0.1, -0.05) is 31.0 Å². The fourth-order valence-corrected chi connectivity index (χ4v) is 7.51. The number of para-hydroxylation sites is 1. The van der Waals surface area contributed by atoms with Gasteiger partial charge in [0.1, 0.15) is 5.75 Å². The number of benzene rings is 1. The Balaban J connectivity index is 1.27. The Hall–Kier alpha value is -1.15. The molecule has 1 aliphatic heterocycles. The first-order valence-corrected chi connectivity index (χ1v) is 14.2. The van der Waals surface area contributed by atoms with Crippen LogP contribution in [0.3, 0.4) is 0 Å². The maximum atomic E-state index is 12.8. The Morgan fingerprint density at radius 1 is 1.00 bits per heavy atom. The number of ether oxygens (including phenoxy) is 2. The van der Waals surface area contributed by atoms with Crippen LogP contribution in [0.5, 0.6) is 5.75 Å². The largest absolute Gasteiger partial charge is 0.494 e. The third-order valence-electron chi connectivity index (χ3n) is 7.49. The van der Waals surface area contributed by atoms with Crippen molar-refractivity contribution < 1.29 is 17.9 Å². The van der Waals surface area contributed by atoms with E-state index in [0.29, 0.717) is 19.1 Å². The highest BCUT2D eigenvalue weighted by atomic mass is 32.2. The molecule has 1 heterocycles. The molecule has 6 nitrogen and oxygen atoms in total. The summed E-state index contributed by atoms with van der Waals surface area (Å²) in [5.74, 6) is 1.54. The first-order chi connectivity index (χ1) is 15.6. The number of hydrogen-bond donors (Lipinski definition) is 2. The van der Waals surface area contributed by atoms with Crippen LogP contribution in [0.4, 0.5) is 0 Å². The number of rotatable bonds is 9. The van der Waals surface area contributed by atoms with Crippen LogP contribution in [-0.2, 0) is 14.8 Å². The minimum absolute atomic E-state index is 0.0522. The van der Waals surface area contributed by atoms with Gasteiger partial charge >= 0.3 is 0 Å². The minimum atomic E-state index is -3.24. The lowest BCUT2D eigenvalue weighted by molar-refractivity contribution is 0.00508. The molecule has 2 atom stereocenters. The van der Waals surface area contributed by atoms with E-state index in [0.717, 1.165) is 76.5 Å². The minimum Gasteiger partial charge on any atom is -0.494 e. The number of piperidine rings is 1. The van der Waals surface area contributed by atoms with Gasteiger partial charge in [0, 0.05) is 12.1 Å². The normalized spacial score (nSPS) is 29.8. The molecule has 180 valence electrons. The fraction of sp³-hybridized carbons (Fsp3) is 0.760. The number of sulfonamides is 1. The maximum absolute atomic E-state index is 12.8. The van der Waals surface area contributed by atoms with E-state index >= 15 is 0 Å². The zero-order valence-electron chi connectivity index (χ0n) is 19.4. The summed E-state index contributed by atoms with van der Waals surface area (Å²) < 4.78 is 40.8. The Bertz CT molecular complexity index is 817. The quantitative estimate of drug-likeness (QED) is 0.575. The van der Waals surface area contributed by atoms with E-state index in [1.165, 1.54) is 5.56 Å². The second-order valence-electron chi connectivity index (χ2n) is 9.66. The monoisotopic (exact) mass is 464 g/mol. The van der Waals surface area contributed by atoms with Crippen LogP contribution in [0.15, 0.2) is 24.3 Å². The van der Waals surface area contributed by atoms with E-state index in [1.807, 2.05) is 13.0 Å². The summed E-state index contributed by atoms with van der Waals surface area (Å²) >= 11 is 0. The van der Waals surface area contributed by atoms with Crippen molar-refractivity contribution in [1.82, 2.24) is 10.0 Å². The molecule has 1 aromatic carbocycles. The Morgan fingerprint density at radius 3 is 2.50 bits per heavy atom. The molecule has 0 bridgehead atoms. The van der Waals surface area contributed by atoms with Crippen molar-refractivity contribution in [2.45, 2.75) is 100 Å². The van der Waals surface area contributed by atoms with Gasteiger partial charge in [-0.2, -0.15) is 0 Å². The summed E-state index contributed by atoms with van der Waals surface area (Å²) in [6.07, 6.45) is 10.1. The zero-order chi connectivity index (χ0) is 22.4. The van der Waals surface area contributed by atoms with E-state index < -0.39 is 10.0 Å². The lowest BCUT2D eigenvalue weighted by Gasteiger charge is -2.36. The third kappa shape index (κ3) is 6.04. The zero-order valence-corrected chi connectivity index (χ0v) is 20.2. The van der Waals surface area contributed by atoms with Crippen molar-refractivity contribution >= 4 is 10.0 Å². The smallest absolute Gasteiger partial charge is 0.214 e. The molecular weight excluding hydrogens is 424 g/mol. The summed E-state index contributed by atoms with van der Waals surface area (Å²) in [7, 11) is -3.24. The van der Waals surface area contributed by atoms with Gasteiger partial charge in [-0.15, -0.1) is 0 Å². The second-order valence-corrected chi connectivity index (χ2v) is 11.6. The van der Waals surface area contributed by atoms with Gasteiger partial charge in [0.15, 0.2) is 0 Å². The van der Waals surface area contributed by atoms with E-state index in [2.05, 4.69) is 28.2 Å². The number of nitrogens with one attached hydrogen (secondary N) is 2. The molecule has 3 aliphatic rings. The van der Waals surface area contributed by atoms with Crippen molar-refractivity contribution in [3.8, 4) is 5.75 Å². The molecule has 1 saturated heterocycles. The van der Waals surface area contributed by atoms with E-state index in [4.69, 9.17) is 9.47 Å². The molecule has 0 spiro atoms. The molecule has 2 N–H and O–H groups in total. The van der Waals surface area contributed by atoms with Gasteiger partial charge < -0.3 is 14.8 Å². The standard InChI is InChI=1S/C25H40N2O4S/c1-2-30-25-12-6-5-10-22(25)19-13-15-20(16-14-19)31-18-24-23(11-7-17-26-24)27-32(28,29)21-8-3-4-9-21/h5-6,10,12,19-21,23-24,26-27H,2-4,7-9,11,13-18H2,1H3/t19?,20?,23-,24-/m0/s1.